The molecule has 2 rings (SSSR count). The van der Waals surface area contributed by atoms with E-state index in [9.17, 15) is 22.4 Å². The highest BCUT2D eigenvalue weighted by Gasteiger charge is 2.17. The van der Waals surface area contributed by atoms with Crippen LogP contribution in [0, 0.1) is 11.7 Å². The summed E-state index contributed by atoms with van der Waals surface area (Å²) in [7, 11) is -3.99. The molecule has 0 aromatic heterocycles. The molecule has 2 amide bonds. The third kappa shape index (κ3) is 5.86. The number of hydrogen-bond acceptors (Lipinski definition) is 4. The number of carbonyl (C=O) groups is 2. The van der Waals surface area contributed by atoms with Crippen LogP contribution in [-0.4, -0.2) is 33.3 Å². The molecule has 0 saturated carbocycles. The summed E-state index contributed by atoms with van der Waals surface area (Å²) in [6.45, 7) is 3.48. The molecule has 9 heteroatoms. The van der Waals surface area contributed by atoms with Crippen molar-refractivity contribution in [3.8, 4) is 0 Å². The molecular formula is C19H22FN3O4S. The van der Waals surface area contributed by atoms with Crippen LogP contribution in [0.2, 0.25) is 0 Å². The van der Waals surface area contributed by atoms with Gasteiger partial charge >= 0.3 is 0 Å². The first-order valence-electron chi connectivity index (χ1n) is 8.64. The zero-order valence-corrected chi connectivity index (χ0v) is 16.3. The third-order valence-corrected chi connectivity index (χ3v) is 5.26. The van der Waals surface area contributed by atoms with E-state index in [1.54, 1.807) is 38.1 Å². The lowest BCUT2D eigenvalue weighted by molar-refractivity contribution is -0.118. The minimum Gasteiger partial charge on any atom is -0.351 e. The normalized spacial score (nSPS) is 11.3. The van der Waals surface area contributed by atoms with Crippen molar-refractivity contribution < 1.29 is 22.4 Å². The van der Waals surface area contributed by atoms with Gasteiger partial charge < -0.3 is 10.6 Å². The average molecular weight is 407 g/mol. The molecular weight excluding hydrogens is 385 g/mol. The van der Waals surface area contributed by atoms with Crippen molar-refractivity contribution in [2.75, 3.05) is 18.4 Å². The van der Waals surface area contributed by atoms with Gasteiger partial charge in [0.2, 0.25) is 15.9 Å². The lowest BCUT2D eigenvalue weighted by atomic mass is 10.1. The molecule has 150 valence electrons. The van der Waals surface area contributed by atoms with Crippen LogP contribution in [-0.2, 0) is 14.8 Å². The van der Waals surface area contributed by atoms with E-state index in [2.05, 4.69) is 15.4 Å². The van der Waals surface area contributed by atoms with E-state index in [-0.39, 0.29) is 24.9 Å². The van der Waals surface area contributed by atoms with E-state index < -0.39 is 26.6 Å². The second-order valence-electron chi connectivity index (χ2n) is 6.31. The highest BCUT2D eigenvalue weighted by atomic mass is 32.2. The molecule has 0 unspecified atom stereocenters. The first kappa shape index (κ1) is 21.5. The van der Waals surface area contributed by atoms with Crippen LogP contribution in [0.4, 0.5) is 10.1 Å². The van der Waals surface area contributed by atoms with Gasteiger partial charge in [0.15, 0.2) is 0 Å². The van der Waals surface area contributed by atoms with Crippen molar-refractivity contribution >= 4 is 27.5 Å². The first-order valence-corrected chi connectivity index (χ1v) is 10.1. The summed E-state index contributed by atoms with van der Waals surface area (Å²) in [5, 5.41) is 5.29. The summed E-state index contributed by atoms with van der Waals surface area (Å²) >= 11 is 0. The van der Waals surface area contributed by atoms with Gasteiger partial charge in [-0.05, 0) is 36.4 Å². The Bertz CT molecular complexity index is 944. The average Bonchev–Trinajstić information content (AvgIpc) is 2.65. The van der Waals surface area contributed by atoms with E-state index >= 15 is 0 Å². The zero-order chi connectivity index (χ0) is 20.7. The third-order valence-electron chi connectivity index (χ3n) is 3.77. The Morgan fingerprint density at radius 2 is 1.64 bits per heavy atom. The molecule has 0 saturated heterocycles. The van der Waals surface area contributed by atoms with Crippen LogP contribution in [0.25, 0.3) is 0 Å². The van der Waals surface area contributed by atoms with Crippen molar-refractivity contribution in [1.82, 2.24) is 10.0 Å². The molecule has 28 heavy (non-hydrogen) atoms. The molecule has 2 aromatic carbocycles. The van der Waals surface area contributed by atoms with Crippen molar-refractivity contribution in [2.45, 2.75) is 18.7 Å². The number of rotatable bonds is 8. The monoisotopic (exact) mass is 407 g/mol. The summed E-state index contributed by atoms with van der Waals surface area (Å²) in [6, 6.07) is 11.4. The van der Waals surface area contributed by atoms with Gasteiger partial charge in [0, 0.05) is 30.3 Å². The number of halogens is 1. The van der Waals surface area contributed by atoms with E-state index in [1.165, 1.54) is 12.1 Å². The highest BCUT2D eigenvalue weighted by Crippen LogP contribution is 2.13. The van der Waals surface area contributed by atoms with Gasteiger partial charge in [-0.3, -0.25) is 9.59 Å². The maximum Gasteiger partial charge on any atom is 0.251 e. The minimum absolute atomic E-state index is 0.0261. The Kier molecular flexibility index (Phi) is 7.24. The number of amides is 2. The Hall–Kier alpha value is -2.78. The molecule has 0 aliphatic rings. The topological polar surface area (TPSA) is 104 Å². The van der Waals surface area contributed by atoms with Crippen LogP contribution in [0.3, 0.4) is 0 Å². The number of sulfonamides is 1. The lowest BCUT2D eigenvalue weighted by Crippen LogP contribution is -2.35. The molecule has 0 radical (unpaired) electrons. The number of nitrogens with one attached hydrogen (secondary N) is 3. The maximum absolute atomic E-state index is 13.6. The second kappa shape index (κ2) is 9.43. The van der Waals surface area contributed by atoms with Gasteiger partial charge in [-0.1, -0.05) is 26.0 Å². The number of carbonyl (C=O) groups excluding carboxylic acids is 2. The molecule has 0 aliphatic heterocycles. The van der Waals surface area contributed by atoms with Crippen molar-refractivity contribution in [3.05, 3.63) is 59.9 Å². The Balaban J connectivity index is 1.84. The maximum atomic E-state index is 13.6. The quantitative estimate of drug-likeness (QED) is 0.583. The number of anilines is 1. The fourth-order valence-electron chi connectivity index (χ4n) is 2.20. The molecule has 0 fully saturated rings. The predicted octanol–water partition coefficient (Wildman–Crippen LogP) is 2.13. The molecule has 0 bridgehead atoms. The van der Waals surface area contributed by atoms with Gasteiger partial charge in [0.25, 0.3) is 5.91 Å². The fraction of sp³-hybridized carbons (Fsp3) is 0.263. The van der Waals surface area contributed by atoms with Crippen molar-refractivity contribution in [1.29, 1.82) is 0 Å². The van der Waals surface area contributed by atoms with Gasteiger partial charge in [0.05, 0.1) is 0 Å². The van der Waals surface area contributed by atoms with Crippen molar-refractivity contribution in [2.24, 2.45) is 5.92 Å². The molecule has 3 N–H and O–H groups in total. The van der Waals surface area contributed by atoms with E-state index in [0.29, 0.717) is 11.3 Å². The van der Waals surface area contributed by atoms with E-state index in [4.69, 9.17) is 0 Å². The standard InChI is InChI=1S/C19H22FN3O4S/c1-13(2)18(24)23-15-9-7-14(8-10-15)19(25)21-11-12-22-28(26,27)17-6-4-3-5-16(17)20/h3-10,13,22H,11-12H2,1-2H3,(H,21,25)(H,23,24). The van der Waals surface area contributed by atoms with Gasteiger partial charge in [-0.2, -0.15) is 0 Å². The van der Waals surface area contributed by atoms with Crippen molar-refractivity contribution in [3.63, 3.8) is 0 Å². The summed E-state index contributed by atoms with van der Waals surface area (Å²) in [5.74, 6) is -1.52. The summed E-state index contributed by atoms with van der Waals surface area (Å²) in [5.41, 5.74) is 0.937. The minimum atomic E-state index is -3.99. The number of hydrogen-bond donors (Lipinski definition) is 3. The molecule has 2 aromatic rings. The van der Waals surface area contributed by atoms with Crippen LogP contribution in [0.5, 0.6) is 0 Å². The molecule has 7 nitrogen and oxygen atoms in total. The number of benzene rings is 2. The first-order chi connectivity index (χ1) is 13.2. The van der Waals surface area contributed by atoms with Crippen LogP contribution in [0.15, 0.2) is 53.4 Å². The van der Waals surface area contributed by atoms with Gasteiger partial charge in [-0.25, -0.2) is 17.5 Å². The molecule has 0 heterocycles. The summed E-state index contributed by atoms with van der Waals surface area (Å²) in [4.78, 5) is 23.3. The van der Waals surface area contributed by atoms with E-state index in [1.807, 2.05) is 0 Å². The van der Waals surface area contributed by atoms with Gasteiger partial charge in [-0.15, -0.1) is 0 Å². The Morgan fingerprint density at radius 1 is 1.00 bits per heavy atom. The summed E-state index contributed by atoms with van der Waals surface area (Å²) < 4.78 is 39.9. The Morgan fingerprint density at radius 3 is 2.25 bits per heavy atom. The molecule has 0 aliphatic carbocycles. The largest absolute Gasteiger partial charge is 0.351 e. The second-order valence-corrected chi connectivity index (χ2v) is 8.04. The molecule has 0 atom stereocenters. The van der Waals surface area contributed by atoms with E-state index in [0.717, 1.165) is 12.1 Å². The SMILES string of the molecule is CC(C)C(=O)Nc1ccc(C(=O)NCCNS(=O)(=O)c2ccccc2F)cc1. The lowest BCUT2D eigenvalue weighted by Gasteiger charge is -2.10. The summed E-state index contributed by atoms with van der Waals surface area (Å²) in [6.07, 6.45) is 0. The Labute approximate surface area is 163 Å². The van der Waals surface area contributed by atoms with Crippen LogP contribution >= 0.6 is 0 Å². The van der Waals surface area contributed by atoms with Gasteiger partial charge in [0.1, 0.15) is 10.7 Å². The predicted molar refractivity (Wildman–Crippen MR) is 104 cm³/mol. The smallest absolute Gasteiger partial charge is 0.251 e. The fourth-order valence-corrected chi connectivity index (χ4v) is 3.30. The molecule has 0 spiro atoms. The van der Waals surface area contributed by atoms with Crippen LogP contribution < -0.4 is 15.4 Å². The zero-order valence-electron chi connectivity index (χ0n) is 15.5. The highest BCUT2D eigenvalue weighted by molar-refractivity contribution is 7.89. The van der Waals surface area contributed by atoms with Crippen LogP contribution in [0.1, 0.15) is 24.2 Å².